The van der Waals surface area contributed by atoms with Gasteiger partial charge >= 0.3 is 0 Å². The molecule has 158 valence electrons. The molecular formula is C29H25FNO+. The summed E-state index contributed by atoms with van der Waals surface area (Å²) in [5, 5.41) is 1.97. The van der Waals surface area contributed by atoms with Crippen molar-refractivity contribution >= 4 is 21.9 Å². The number of halogens is 1. The number of aromatic nitrogens is 1. The molecule has 1 aliphatic carbocycles. The lowest BCUT2D eigenvalue weighted by Gasteiger charge is -2.07. The van der Waals surface area contributed by atoms with Crippen LogP contribution in [0.2, 0.25) is 0 Å². The summed E-state index contributed by atoms with van der Waals surface area (Å²) in [4.78, 5) is 0. The fourth-order valence-corrected chi connectivity index (χ4v) is 5.22. The van der Waals surface area contributed by atoms with Crippen molar-refractivity contribution in [3.8, 4) is 22.4 Å². The van der Waals surface area contributed by atoms with E-state index in [-0.39, 0.29) is 5.82 Å². The fraction of sp³-hybridized carbons (Fsp3) is 0.207. The molecule has 2 aromatic heterocycles. The van der Waals surface area contributed by atoms with E-state index in [1.165, 1.54) is 23.1 Å². The van der Waals surface area contributed by atoms with Gasteiger partial charge in [0, 0.05) is 22.9 Å². The number of hydrogen-bond acceptors (Lipinski definition) is 1. The number of nitrogens with zero attached hydrogens (tertiary/aromatic N) is 1. The third kappa shape index (κ3) is 2.81. The average molecular weight is 423 g/mol. The quantitative estimate of drug-likeness (QED) is 0.280. The van der Waals surface area contributed by atoms with Crippen LogP contribution in [0.25, 0.3) is 44.3 Å². The number of furan rings is 1. The summed E-state index contributed by atoms with van der Waals surface area (Å²) in [7, 11) is 2.05. The highest BCUT2D eigenvalue weighted by Crippen LogP contribution is 2.42. The summed E-state index contributed by atoms with van der Waals surface area (Å²) >= 11 is 0. The van der Waals surface area contributed by atoms with E-state index in [0.29, 0.717) is 11.1 Å². The maximum atomic E-state index is 15.2. The Bertz CT molecular complexity index is 1540. The minimum atomic E-state index is -0.242. The van der Waals surface area contributed by atoms with Crippen molar-refractivity contribution in [2.24, 2.45) is 7.05 Å². The van der Waals surface area contributed by atoms with Gasteiger partial charge in [-0.05, 0) is 73.1 Å². The molecule has 0 atom stereocenters. The Labute approximate surface area is 186 Å². The van der Waals surface area contributed by atoms with Crippen LogP contribution in [0.15, 0.2) is 65.2 Å². The van der Waals surface area contributed by atoms with Crippen molar-refractivity contribution in [1.29, 1.82) is 0 Å². The second-order valence-electron chi connectivity index (χ2n) is 9.07. The van der Waals surface area contributed by atoms with E-state index < -0.39 is 0 Å². The Morgan fingerprint density at radius 1 is 0.812 bits per heavy atom. The Balaban J connectivity index is 1.68. The molecule has 0 bridgehead atoms. The Hall–Kier alpha value is -3.46. The first-order chi connectivity index (χ1) is 15.5. The molecule has 0 saturated heterocycles. The summed E-state index contributed by atoms with van der Waals surface area (Å²) in [6.45, 7) is 4.20. The molecule has 3 heteroatoms. The van der Waals surface area contributed by atoms with E-state index in [9.17, 15) is 0 Å². The zero-order chi connectivity index (χ0) is 22.0. The molecule has 2 heterocycles. The normalized spacial score (nSPS) is 13.2. The van der Waals surface area contributed by atoms with Gasteiger partial charge in [0.05, 0.1) is 11.1 Å². The van der Waals surface area contributed by atoms with Gasteiger partial charge < -0.3 is 4.42 Å². The van der Waals surface area contributed by atoms with E-state index in [2.05, 4.69) is 61.0 Å². The smallest absolute Gasteiger partial charge is 0.216 e. The lowest BCUT2D eigenvalue weighted by atomic mass is 9.97. The maximum Gasteiger partial charge on any atom is 0.216 e. The van der Waals surface area contributed by atoms with Crippen LogP contribution in [0, 0.1) is 19.7 Å². The van der Waals surface area contributed by atoms with E-state index in [0.717, 1.165) is 51.6 Å². The van der Waals surface area contributed by atoms with Gasteiger partial charge in [-0.2, -0.15) is 0 Å². The highest BCUT2D eigenvalue weighted by molar-refractivity contribution is 6.13. The molecular weight excluding hydrogens is 397 g/mol. The molecule has 6 rings (SSSR count). The van der Waals surface area contributed by atoms with Crippen molar-refractivity contribution in [3.05, 3.63) is 88.9 Å². The first-order valence-electron chi connectivity index (χ1n) is 11.2. The molecule has 5 aromatic rings. The topological polar surface area (TPSA) is 17.0 Å². The molecule has 0 unspecified atom stereocenters. The zero-order valence-electron chi connectivity index (χ0n) is 18.6. The number of rotatable bonds is 2. The van der Waals surface area contributed by atoms with E-state index in [1.54, 1.807) is 6.07 Å². The number of aryl methyl sites for hydroxylation is 5. The largest absolute Gasteiger partial charge is 0.454 e. The Kier molecular flexibility index (Phi) is 4.23. The van der Waals surface area contributed by atoms with Crippen LogP contribution >= 0.6 is 0 Å². The van der Waals surface area contributed by atoms with Crippen LogP contribution in [0.1, 0.15) is 28.7 Å². The molecule has 0 fully saturated rings. The highest BCUT2D eigenvalue weighted by Gasteiger charge is 2.24. The summed E-state index contributed by atoms with van der Waals surface area (Å²) in [6.07, 6.45) is 5.42. The van der Waals surface area contributed by atoms with Crippen LogP contribution in [0.3, 0.4) is 0 Å². The van der Waals surface area contributed by atoms with Crippen LogP contribution in [-0.2, 0) is 19.9 Å². The van der Waals surface area contributed by atoms with Crippen molar-refractivity contribution in [3.63, 3.8) is 0 Å². The molecule has 2 nitrogen and oxygen atoms in total. The van der Waals surface area contributed by atoms with E-state index in [4.69, 9.17) is 4.42 Å². The van der Waals surface area contributed by atoms with Crippen LogP contribution in [-0.4, -0.2) is 0 Å². The molecule has 0 N–H and O–H groups in total. The molecule has 0 radical (unpaired) electrons. The second-order valence-corrected chi connectivity index (χ2v) is 9.07. The Morgan fingerprint density at radius 2 is 1.56 bits per heavy atom. The minimum Gasteiger partial charge on any atom is -0.454 e. The van der Waals surface area contributed by atoms with Gasteiger partial charge in [-0.25, -0.2) is 8.96 Å². The first kappa shape index (κ1) is 19.2. The average Bonchev–Trinajstić information content (AvgIpc) is 3.39. The number of fused-ring (bicyclic) bond motifs is 4. The predicted molar refractivity (Wildman–Crippen MR) is 127 cm³/mol. The van der Waals surface area contributed by atoms with Gasteiger partial charge in [-0.3, -0.25) is 0 Å². The molecule has 0 aliphatic heterocycles. The van der Waals surface area contributed by atoms with Gasteiger partial charge in [0.15, 0.2) is 6.20 Å². The van der Waals surface area contributed by atoms with Gasteiger partial charge in [-0.15, -0.1) is 0 Å². The molecule has 0 spiro atoms. The molecule has 0 amide bonds. The second kappa shape index (κ2) is 7.03. The molecule has 1 aliphatic rings. The third-order valence-electron chi connectivity index (χ3n) is 6.92. The summed E-state index contributed by atoms with van der Waals surface area (Å²) < 4.78 is 23.9. The monoisotopic (exact) mass is 422 g/mol. The van der Waals surface area contributed by atoms with Gasteiger partial charge in [0.2, 0.25) is 5.69 Å². The van der Waals surface area contributed by atoms with Crippen molar-refractivity contribution in [1.82, 2.24) is 0 Å². The van der Waals surface area contributed by atoms with Crippen molar-refractivity contribution in [2.45, 2.75) is 33.1 Å². The maximum absolute atomic E-state index is 15.2. The fourth-order valence-electron chi connectivity index (χ4n) is 5.22. The third-order valence-corrected chi connectivity index (χ3v) is 6.92. The first-order valence-corrected chi connectivity index (χ1v) is 11.2. The Morgan fingerprint density at radius 3 is 2.41 bits per heavy atom. The van der Waals surface area contributed by atoms with Gasteiger partial charge in [-0.1, -0.05) is 30.3 Å². The summed E-state index contributed by atoms with van der Waals surface area (Å²) in [5.41, 5.74) is 10.1. The van der Waals surface area contributed by atoms with Crippen LogP contribution in [0.4, 0.5) is 4.39 Å². The lowest BCUT2D eigenvalue weighted by molar-refractivity contribution is -0.660. The molecule has 0 saturated carbocycles. The number of pyridine rings is 1. The van der Waals surface area contributed by atoms with Gasteiger partial charge in [0.1, 0.15) is 24.0 Å². The van der Waals surface area contributed by atoms with E-state index in [1.807, 2.05) is 19.2 Å². The lowest BCUT2D eigenvalue weighted by Crippen LogP contribution is -2.30. The van der Waals surface area contributed by atoms with Crippen molar-refractivity contribution < 1.29 is 13.4 Å². The summed E-state index contributed by atoms with van der Waals surface area (Å²) in [5.74, 6) is -0.242. The summed E-state index contributed by atoms with van der Waals surface area (Å²) in [6, 6.07) is 18.3. The zero-order valence-corrected chi connectivity index (χ0v) is 18.6. The number of hydrogen-bond donors (Lipinski definition) is 0. The standard InChI is InChI=1S/C29H25FNO/c1-17-13-14-31(3)25(15-17)26-18(2)7-10-22-23-11-12-24(30)27(29(23)32-28(22)26)21-9-8-19-5-4-6-20(19)16-21/h7-16H,4-6H2,1-3H3/q+1. The molecule has 32 heavy (non-hydrogen) atoms. The SMILES string of the molecule is Cc1cc[n+](C)c(-c2c(C)ccc3c2oc2c(-c4ccc5c(c4)CCC5)c(F)ccc23)c1. The number of benzene rings is 3. The highest BCUT2D eigenvalue weighted by atomic mass is 19.1. The van der Waals surface area contributed by atoms with Crippen LogP contribution in [0.5, 0.6) is 0 Å². The predicted octanol–water partition coefficient (Wildman–Crippen LogP) is 6.99. The minimum absolute atomic E-state index is 0.242. The van der Waals surface area contributed by atoms with E-state index >= 15 is 4.39 Å². The van der Waals surface area contributed by atoms with Crippen molar-refractivity contribution in [2.75, 3.05) is 0 Å². The molecule has 3 aromatic carbocycles. The van der Waals surface area contributed by atoms with Gasteiger partial charge in [0.25, 0.3) is 0 Å². The van der Waals surface area contributed by atoms with Crippen LogP contribution < -0.4 is 4.57 Å².